The Labute approximate surface area is 164 Å². The first-order valence-electron chi connectivity index (χ1n) is 8.67. The molecule has 3 aromatic rings. The van der Waals surface area contributed by atoms with Gasteiger partial charge in [0.2, 0.25) is 22.8 Å². The number of aromatic nitrogens is 6. The molecule has 0 aromatic carbocycles. The summed E-state index contributed by atoms with van der Waals surface area (Å²) in [5.74, 6) is 2.04. The highest BCUT2D eigenvalue weighted by Crippen LogP contribution is 2.24. The lowest BCUT2D eigenvalue weighted by Crippen LogP contribution is -2.41. The summed E-state index contributed by atoms with van der Waals surface area (Å²) in [6.45, 7) is 1.50. The molecule has 0 bridgehead atoms. The largest absolute Gasteiger partial charge is 0.342 e. The summed E-state index contributed by atoms with van der Waals surface area (Å²) in [6.07, 6.45) is 2.74. The standard InChI is InChI=1S/C16H19N7O2S2/c1-22-16(18-20-21-22)27-10-14(24)23-5-2-3-11(8-23)7-13-17-15(19-25-13)12-4-6-26-9-12/h4,6,9,11H,2-3,5,7-8,10H2,1H3. The zero-order valence-electron chi connectivity index (χ0n) is 14.8. The molecule has 3 aromatic heterocycles. The molecular weight excluding hydrogens is 386 g/mol. The van der Waals surface area contributed by atoms with Crippen LogP contribution in [0.1, 0.15) is 18.7 Å². The fourth-order valence-corrected chi connectivity index (χ4v) is 4.50. The van der Waals surface area contributed by atoms with Crippen molar-refractivity contribution >= 4 is 29.0 Å². The average molecular weight is 406 g/mol. The summed E-state index contributed by atoms with van der Waals surface area (Å²) in [5.41, 5.74) is 0.978. The molecule has 11 heteroatoms. The van der Waals surface area contributed by atoms with Crippen molar-refractivity contribution in [2.24, 2.45) is 13.0 Å². The second-order valence-electron chi connectivity index (χ2n) is 6.45. The molecule has 1 aliphatic heterocycles. The van der Waals surface area contributed by atoms with E-state index in [2.05, 4.69) is 25.7 Å². The first-order chi connectivity index (χ1) is 13.2. The highest BCUT2D eigenvalue weighted by Gasteiger charge is 2.26. The van der Waals surface area contributed by atoms with Gasteiger partial charge in [-0.05, 0) is 40.6 Å². The topological polar surface area (TPSA) is 103 Å². The minimum Gasteiger partial charge on any atom is -0.342 e. The van der Waals surface area contributed by atoms with Crippen molar-refractivity contribution < 1.29 is 9.32 Å². The van der Waals surface area contributed by atoms with E-state index in [-0.39, 0.29) is 5.91 Å². The number of hydrogen-bond acceptors (Lipinski definition) is 9. The van der Waals surface area contributed by atoms with Crippen molar-refractivity contribution in [1.29, 1.82) is 0 Å². The van der Waals surface area contributed by atoms with E-state index in [1.165, 1.54) is 11.8 Å². The second-order valence-corrected chi connectivity index (χ2v) is 8.17. The molecule has 1 atom stereocenters. The Balaban J connectivity index is 1.31. The lowest BCUT2D eigenvalue weighted by Gasteiger charge is -2.32. The lowest BCUT2D eigenvalue weighted by molar-refractivity contribution is -0.130. The summed E-state index contributed by atoms with van der Waals surface area (Å²) in [4.78, 5) is 18.9. The third kappa shape index (κ3) is 4.35. The fraction of sp³-hybridized carbons (Fsp3) is 0.500. The molecule has 4 rings (SSSR count). The Hall–Kier alpha value is -2.27. The number of aryl methyl sites for hydroxylation is 1. The number of carbonyl (C=O) groups is 1. The molecule has 4 heterocycles. The number of amides is 1. The monoisotopic (exact) mass is 405 g/mol. The second kappa shape index (κ2) is 8.17. The van der Waals surface area contributed by atoms with E-state index in [9.17, 15) is 4.79 Å². The van der Waals surface area contributed by atoms with Crippen LogP contribution < -0.4 is 0 Å². The quantitative estimate of drug-likeness (QED) is 0.573. The van der Waals surface area contributed by atoms with Crippen molar-refractivity contribution in [3.05, 3.63) is 22.7 Å². The fourth-order valence-electron chi connectivity index (χ4n) is 3.11. The van der Waals surface area contributed by atoms with E-state index in [0.717, 1.165) is 24.9 Å². The van der Waals surface area contributed by atoms with Gasteiger partial charge in [-0.15, -0.1) is 5.10 Å². The number of carbonyl (C=O) groups excluding carboxylic acids is 1. The molecule has 1 unspecified atom stereocenters. The summed E-state index contributed by atoms with van der Waals surface area (Å²) in [5, 5.41) is 19.9. The first-order valence-corrected chi connectivity index (χ1v) is 10.6. The van der Waals surface area contributed by atoms with Gasteiger partial charge in [-0.1, -0.05) is 16.9 Å². The maximum absolute atomic E-state index is 12.5. The number of thioether (sulfide) groups is 1. The Morgan fingerprint density at radius 1 is 1.48 bits per heavy atom. The molecule has 0 N–H and O–H groups in total. The van der Waals surface area contributed by atoms with E-state index < -0.39 is 0 Å². The number of thiophene rings is 1. The molecular formula is C16H19N7O2S2. The van der Waals surface area contributed by atoms with Gasteiger partial charge in [-0.25, -0.2) is 4.68 Å². The Kier molecular flexibility index (Phi) is 5.48. The number of likely N-dealkylation sites (tertiary alicyclic amines) is 1. The Morgan fingerprint density at radius 3 is 3.19 bits per heavy atom. The normalized spacial score (nSPS) is 17.4. The van der Waals surface area contributed by atoms with Crippen LogP contribution in [0.4, 0.5) is 0 Å². The third-order valence-electron chi connectivity index (χ3n) is 4.49. The summed E-state index contributed by atoms with van der Waals surface area (Å²) >= 11 is 2.96. The molecule has 9 nitrogen and oxygen atoms in total. The van der Waals surface area contributed by atoms with Crippen molar-refractivity contribution in [2.75, 3.05) is 18.8 Å². The predicted octanol–water partition coefficient (Wildman–Crippen LogP) is 1.89. The predicted molar refractivity (Wildman–Crippen MR) is 100 cm³/mol. The van der Waals surface area contributed by atoms with Crippen molar-refractivity contribution in [1.82, 2.24) is 35.2 Å². The van der Waals surface area contributed by atoms with Crippen molar-refractivity contribution in [3.8, 4) is 11.4 Å². The van der Waals surface area contributed by atoms with Gasteiger partial charge in [0.1, 0.15) is 0 Å². The lowest BCUT2D eigenvalue weighted by atomic mass is 9.95. The van der Waals surface area contributed by atoms with E-state index >= 15 is 0 Å². The molecule has 1 saturated heterocycles. The minimum absolute atomic E-state index is 0.109. The molecule has 1 fully saturated rings. The maximum Gasteiger partial charge on any atom is 0.233 e. The summed E-state index contributed by atoms with van der Waals surface area (Å²) < 4.78 is 6.97. The molecule has 0 spiro atoms. The van der Waals surface area contributed by atoms with Crippen LogP contribution in [-0.2, 0) is 18.3 Å². The minimum atomic E-state index is 0.109. The van der Waals surface area contributed by atoms with Gasteiger partial charge >= 0.3 is 0 Å². The zero-order chi connectivity index (χ0) is 18.6. The number of tetrazole rings is 1. The van der Waals surface area contributed by atoms with Crippen LogP contribution in [0.15, 0.2) is 26.5 Å². The van der Waals surface area contributed by atoms with Crippen molar-refractivity contribution in [3.63, 3.8) is 0 Å². The maximum atomic E-state index is 12.5. The molecule has 142 valence electrons. The third-order valence-corrected chi connectivity index (χ3v) is 6.17. The highest BCUT2D eigenvalue weighted by atomic mass is 32.2. The van der Waals surface area contributed by atoms with Gasteiger partial charge in [0, 0.05) is 37.5 Å². The summed E-state index contributed by atoms with van der Waals surface area (Å²) in [6, 6.07) is 1.98. The molecule has 0 radical (unpaired) electrons. The smallest absolute Gasteiger partial charge is 0.233 e. The van der Waals surface area contributed by atoms with Gasteiger partial charge in [-0.2, -0.15) is 16.3 Å². The van der Waals surface area contributed by atoms with Gasteiger partial charge in [0.15, 0.2) is 0 Å². The van der Waals surface area contributed by atoms with Crippen LogP contribution in [0.5, 0.6) is 0 Å². The van der Waals surface area contributed by atoms with E-state index in [4.69, 9.17) is 4.52 Å². The van der Waals surface area contributed by atoms with Crippen LogP contribution in [0.25, 0.3) is 11.4 Å². The van der Waals surface area contributed by atoms with Gasteiger partial charge < -0.3 is 9.42 Å². The summed E-state index contributed by atoms with van der Waals surface area (Å²) in [7, 11) is 1.76. The van der Waals surface area contributed by atoms with Crippen LogP contribution >= 0.6 is 23.1 Å². The van der Waals surface area contributed by atoms with Gasteiger partial charge in [-0.3, -0.25) is 4.79 Å². The Bertz CT molecular complexity index is 892. The molecule has 0 saturated carbocycles. The SMILES string of the molecule is Cn1nnnc1SCC(=O)N1CCCC(Cc2nc(-c3ccsc3)no2)C1. The number of hydrogen-bond donors (Lipinski definition) is 0. The van der Waals surface area contributed by atoms with Crippen LogP contribution in [0.3, 0.4) is 0 Å². The van der Waals surface area contributed by atoms with Crippen LogP contribution in [0, 0.1) is 5.92 Å². The molecule has 0 aliphatic carbocycles. The molecule has 27 heavy (non-hydrogen) atoms. The van der Waals surface area contributed by atoms with E-state index in [1.807, 2.05) is 21.7 Å². The van der Waals surface area contributed by atoms with Gasteiger partial charge in [0.05, 0.1) is 5.75 Å². The van der Waals surface area contributed by atoms with Crippen molar-refractivity contribution in [2.45, 2.75) is 24.4 Å². The molecule has 1 aliphatic rings. The van der Waals surface area contributed by atoms with E-state index in [0.29, 0.717) is 41.5 Å². The first kappa shape index (κ1) is 18.1. The zero-order valence-corrected chi connectivity index (χ0v) is 16.4. The Morgan fingerprint density at radius 2 is 2.41 bits per heavy atom. The number of piperidine rings is 1. The number of nitrogens with zero attached hydrogens (tertiary/aromatic N) is 7. The van der Waals surface area contributed by atoms with Crippen LogP contribution in [-0.4, -0.2) is 60.0 Å². The average Bonchev–Trinajstić information content (AvgIpc) is 3.42. The van der Waals surface area contributed by atoms with Crippen LogP contribution in [0.2, 0.25) is 0 Å². The number of rotatable bonds is 6. The molecule has 1 amide bonds. The van der Waals surface area contributed by atoms with E-state index in [1.54, 1.807) is 23.1 Å². The highest BCUT2D eigenvalue weighted by molar-refractivity contribution is 7.99. The van der Waals surface area contributed by atoms with Gasteiger partial charge in [0.25, 0.3) is 0 Å².